The molecule has 22 heavy (non-hydrogen) atoms. The molecule has 5 rings (SSSR count). The summed E-state index contributed by atoms with van der Waals surface area (Å²) in [5, 5.41) is 0. The molecule has 4 heteroatoms. The predicted molar refractivity (Wildman–Crippen MR) is 81.6 cm³/mol. The number of hydrogen-bond acceptors (Lipinski definition) is 4. The molecule has 2 heterocycles. The van der Waals surface area contributed by atoms with E-state index in [9.17, 15) is 6.17 Å². The Balaban J connectivity index is 1.89. The van der Waals surface area contributed by atoms with Crippen molar-refractivity contribution in [3.63, 3.8) is 0 Å². The van der Waals surface area contributed by atoms with E-state index in [2.05, 4.69) is 0 Å². The topological polar surface area (TPSA) is 38.8 Å². The third kappa shape index (κ3) is 1.27. The van der Waals surface area contributed by atoms with Crippen molar-refractivity contribution in [1.82, 2.24) is 4.90 Å². The summed E-state index contributed by atoms with van der Waals surface area (Å²) in [5.41, 5.74) is 0.470. The standard InChI is InChI=1S/C18H21NO3/c1-19-8-7-18-11-4-5-13(20)17(18)22-16-14(21-2)6-3-10(15(16)18)9-12(11)19/h3,6,11-12,17H,4-5,7-9H2,1-2H3/t11-,12+,17?,18-/m0/s1/i3D,5D2,6D,12D. The lowest BCUT2D eigenvalue weighted by Crippen LogP contribution is -2.65. The number of benzene rings is 1. The van der Waals surface area contributed by atoms with Crippen molar-refractivity contribution in [3.05, 3.63) is 23.2 Å². The van der Waals surface area contributed by atoms with Crippen LogP contribution in [0.2, 0.25) is 0 Å². The Morgan fingerprint density at radius 2 is 2.45 bits per heavy atom. The number of hydrogen-bond donors (Lipinski definition) is 0. The van der Waals surface area contributed by atoms with Gasteiger partial charge in [0.2, 0.25) is 0 Å². The van der Waals surface area contributed by atoms with Crippen LogP contribution in [0.4, 0.5) is 0 Å². The summed E-state index contributed by atoms with van der Waals surface area (Å²) < 4.78 is 54.0. The number of likely N-dealkylation sites (N-methyl/N-ethyl adjacent to an activating group) is 1. The Hall–Kier alpha value is -1.55. The normalized spacial score (nSPS) is 47.4. The summed E-state index contributed by atoms with van der Waals surface area (Å²) in [6.45, 7) is 0.591. The first-order valence-corrected chi connectivity index (χ1v) is 7.72. The number of Topliss-reactive ketones (excluding diaryl/α,β-unsaturated/α-hetero) is 1. The smallest absolute Gasteiger partial charge is 0.174 e. The highest BCUT2D eigenvalue weighted by atomic mass is 16.5. The van der Waals surface area contributed by atoms with Crippen LogP contribution in [0.3, 0.4) is 0 Å². The lowest BCUT2D eigenvalue weighted by Gasteiger charge is -2.57. The molecule has 2 bridgehead atoms. The molecule has 2 aliphatic carbocycles. The number of carbonyl (C=O) groups excluding carboxylic acids is 1. The molecule has 4 nitrogen and oxygen atoms in total. The van der Waals surface area contributed by atoms with E-state index in [4.69, 9.17) is 15.0 Å². The number of carbonyl (C=O) groups is 1. The van der Waals surface area contributed by atoms with E-state index in [1.165, 1.54) is 7.11 Å². The summed E-state index contributed by atoms with van der Waals surface area (Å²) >= 11 is 0. The maximum Gasteiger partial charge on any atom is 0.174 e. The summed E-state index contributed by atoms with van der Waals surface area (Å²) in [5.74, 6) is -0.599. The summed E-state index contributed by atoms with van der Waals surface area (Å²) in [6, 6.07) is -1.24. The molecule has 4 atom stereocenters. The van der Waals surface area contributed by atoms with E-state index < -0.39 is 35.6 Å². The van der Waals surface area contributed by atoms with E-state index in [0.717, 1.165) is 5.56 Å². The predicted octanol–water partition coefficient (Wildman–Crippen LogP) is 1.93. The Morgan fingerprint density at radius 1 is 1.59 bits per heavy atom. The van der Waals surface area contributed by atoms with Gasteiger partial charge < -0.3 is 14.4 Å². The average molecular weight is 304 g/mol. The number of ketones is 1. The van der Waals surface area contributed by atoms with Crippen molar-refractivity contribution in [2.75, 3.05) is 20.7 Å². The van der Waals surface area contributed by atoms with Gasteiger partial charge in [0.25, 0.3) is 0 Å². The highest BCUT2D eigenvalue weighted by molar-refractivity contribution is 5.89. The second-order valence-corrected chi connectivity index (χ2v) is 6.64. The van der Waals surface area contributed by atoms with Crippen LogP contribution in [0.1, 0.15) is 37.2 Å². The lowest BCUT2D eigenvalue weighted by atomic mass is 9.52. The molecule has 2 aliphatic heterocycles. The van der Waals surface area contributed by atoms with Gasteiger partial charge in [0.1, 0.15) is 0 Å². The van der Waals surface area contributed by atoms with Crippen LogP contribution in [0, 0.1) is 5.92 Å². The fraction of sp³-hybridized carbons (Fsp3) is 0.611. The zero-order chi connectivity index (χ0) is 19.5. The largest absolute Gasteiger partial charge is 0.493 e. The second kappa shape index (κ2) is 4.05. The lowest BCUT2D eigenvalue weighted by molar-refractivity contribution is -0.138. The minimum absolute atomic E-state index is 0.0145. The number of ether oxygens (including phenoxy) is 2. The van der Waals surface area contributed by atoms with Crippen LogP contribution in [-0.2, 0) is 16.6 Å². The van der Waals surface area contributed by atoms with Gasteiger partial charge in [-0.15, -0.1) is 0 Å². The molecule has 2 fully saturated rings. The summed E-state index contributed by atoms with van der Waals surface area (Å²) in [7, 11) is 3.25. The molecular weight excluding hydrogens is 278 g/mol. The van der Waals surface area contributed by atoms with E-state index in [1.54, 1.807) is 0 Å². The Bertz CT molecular complexity index is 906. The van der Waals surface area contributed by atoms with Crippen molar-refractivity contribution < 1.29 is 21.1 Å². The second-order valence-electron chi connectivity index (χ2n) is 6.64. The van der Waals surface area contributed by atoms with Crippen LogP contribution in [-0.4, -0.2) is 43.5 Å². The molecule has 0 N–H and O–H groups in total. The van der Waals surface area contributed by atoms with Gasteiger partial charge in [-0.05, 0) is 50.4 Å². The quantitative estimate of drug-likeness (QED) is 0.795. The van der Waals surface area contributed by atoms with Gasteiger partial charge in [0, 0.05) is 27.5 Å². The zero-order valence-electron chi connectivity index (χ0n) is 17.7. The van der Waals surface area contributed by atoms with Crippen LogP contribution in [0.25, 0.3) is 0 Å². The molecule has 0 aromatic heterocycles. The molecule has 1 aromatic carbocycles. The van der Waals surface area contributed by atoms with E-state index >= 15 is 0 Å². The number of nitrogens with zero attached hydrogens (tertiary/aromatic N) is 1. The first-order chi connectivity index (χ1) is 12.6. The van der Waals surface area contributed by atoms with Gasteiger partial charge in [-0.2, -0.15) is 0 Å². The van der Waals surface area contributed by atoms with Crippen molar-refractivity contribution in [2.45, 2.75) is 43.2 Å². The first-order valence-electron chi connectivity index (χ1n) is 10.2. The van der Waals surface area contributed by atoms with Gasteiger partial charge in [-0.3, -0.25) is 4.79 Å². The van der Waals surface area contributed by atoms with Crippen molar-refractivity contribution in [3.8, 4) is 11.5 Å². The number of piperidine rings is 1. The molecule has 0 radical (unpaired) electrons. The molecular formula is C18H21NO3. The number of rotatable bonds is 1. The Labute approximate surface area is 137 Å². The molecule has 1 saturated carbocycles. The van der Waals surface area contributed by atoms with Crippen molar-refractivity contribution >= 4 is 5.78 Å². The van der Waals surface area contributed by atoms with Gasteiger partial charge in [-0.1, -0.05) is 6.04 Å². The fourth-order valence-corrected chi connectivity index (χ4v) is 4.91. The van der Waals surface area contributed by atoms with Crippen molar-refractivity contribution in [1.29, 1.82) is 0 Å². The zero-order valence-corrected chi connectivity index (χ0v) is 12.7. The molecule has 0 amide bonds. The fourth-order valence-electron chi connectivity index (χ4n) is 4.91. The van der Waals surface area contributed by atoms with Gasteiger partial charge in [-0.25, -0.2) is 0 Å². The van der Waals surface area contributed by atoms with E-state index in [0.29, 0.717) is 24.3 Å². The van der Waals surface area contributed by atoms with Gasteiger partial charge in [0.15, 0.2) is 23.4 Å². The SMILES string of the molecule is [2H]c1c([2H])c(OC)c2c3c1C[C@]1([2H])[C@@H]4CC([2H])([2H])C(=O)C(O2)[C@]34CCN1C. The Kier molecular flexibility index (Phi) is 1.64. The Morgan fingerprint density at radius 3 is 3.27 bits per heavy atom. The van der Waals surface area contributed by atoms with Crippen LogP contribution in [0.5, 0.6) is 11.5 Å². The monoisotopic (exact) mass is 304 g/mol. The van der Waals surface area contributed by atoms with Crippen LogP contribution >= 0.6 is 0 Å². The summed E-state index contributed by atoms with van der Waals surface area (Å²) in [4.78, 5) is 14.9. The number of methoxy groups -OCH3 is 1. The highest BCUT2D eigenvalue weighted by Crippen LogP contribution is 2.62. The number of likely N-dealkylation sites (tertiary alicyclic amines) is 1. The third-order valence-electron chi connectivity index (χ3n) is 5.89. The molecule has 116 valence electrons. The molecule has 1 spiro atoms. The molecule has 1 saturated heterocycles. The molecule has 1 unspecified atom stereocenters. The van der Waals surface area contributed by atoms with Gasteiger partial charge >= 0.3 is 0 Å². The maximum absolute atomic E-state index is 13.0. The van der Waals surface area contributed by atoms with Gasteiger partial charge in [0.05, 0.1) is 9.85 Å². The maximum atomic E-state index is 13.0. The molecule has 1 aromatic rings. The van der Waals surface area contributed by atoms with Crippen molar-refractivity contribution in [2.24, 2.45) is 5.92 Å². The minimum Gasteiger partial charge on any atom is -0.493 e. The minimum atomic E-state index is -2.07. The molecule has 4 aliphatic rings. The first kappa shape index (κ1) is 8.92. The van der Waals surface area contributed by atoms with E-state index in [-0.39, 0.29) is 30.7 Å². The summed E-state index contributed by atoms with van der Waals surface area (Å²) in [6.07, 6.45) is -2.36. The average Bonchev–Trinajstić information content (AvgIpc) is 2.94. The van der Waals surface area contributed by atoms with Crippen LogP contribution in [0.15, 0.2) is 12.1 Å². The van der Waals surface area contributed by atoms with E-state index in [1.807, 2.05) is 11.9 Å². The third-order valence-corrected chi connectivity index (χ3v) is 5.89. The highest BCUT2D eigenvalue weighted by Gasteiger charge is 2.65. The van der Waals surface area contributed by atoms with Crippen LogP contribution < -0.4 is 9.47 Å².